The van der Waals surface area contributed by atoms with E-state index in [0.29, 0.717) is 13.1 Å². The molecule has 0 aromatic carbocycles. The maximum absolute atomic E-state index is 11.7. The minimum atomic E-state index is -0.197. The van der Waals surface area contributed by atoms with E-state index in [2.05, 4.69) is 5.32 Å². The van der Waals surface area contributed by atoms with E-state index in [4.69, 9.17) is 0 Å². The number of carbonyl (C=O) groups is 2. The predicted octanol–water partition coefficient (Wildman–Crippen LogP) is 0.342. The molecule has 1 heterocycles. The number of hydrogen-bond donors (Lipinski definition) is 1. The summed E-state index contributed by atoms with van der Waals surface area (Å²) in [5, 5.41) is 2.92. The van der Waals surface area contributed by atoms with Crippen LogP contribution in [0, 0.1) is 0 Å². The molecule has 0 aromatic heterocycles. The molecule has 84 valence electrons. The lowest BCUT2D eigenvalue weighted by Gasteiger charge is -2.20. The van der Waals surface area contributed by atoms with E-state index < -0.39 is 0 Å². The first-order valence-electron chi connectivity index (χ1n) is 5.29. The summed E-state index contributed by atoms with van der Waals surface area (Å²) in [6, 6.07) is -0.197. The van der Waals surface area contributed by atoms with Gasteiger partial charge in [0.05, 0.1) is 6.04 Å². The largest absolute Gasteiger partial charge is 0.329 e. The van der Waals surface area contributed by atoms with Gasteiger partial charge >= 0.3 is 0 Å². The summed E-state index contributed by atoms with van der Waals surface area (Å²) < 4.78 is 0. The van der Waals surface area contributed by atoms with E-state index in [1.54, 1.807) is 17.9 Å². The lowest BCUT2D eigenvalue weighted by Crippen LogP contribution is -2.38. The maximum Gasteiger partial charge on any atom is 0.246 e. The number of Topliss-reactive ketones (excluding diaryl/α,β-unsaturated/α-hetero) is 1. The van der Waals surface area contributed by atoms with Gasteiger partial charge < -0.3 is 10.2 Å². The van der Waals surface area contributed by atoms with Gasteiger partial charge in [0, 0.05) is 19.2 Å². The maximum atomic E-state index is 11.7. The Labute approximate surface area is 90.3 Å². The summed E-state index contributed by atoms with van der Waals surface area (Å²) in [6.07, 6.45) is 5.05. The smallest absolute Gasteiger partial charge is 0.246 e. The topological polar surface area (TPSA) is 49.4 Å². The molecule has 1 atom stereocenters. The molecule has 4 heteroatoms. The number of nitrogens with one attached hydrogen (secondary N) is 1. The van der Waals surface area contributed by atoms with Crippen molar-refractivity contribution in [3.8, 4) is 0 Å². The molecule has 0 saturated carbocycles. The molecule has 1 saturated heterocycles. The quantitative estimate of drug-likeness (QED) is 0.681. The molecule has 1 amide bonds. The zero-order valence-corrected chi connectivity index (χ0v) is 9.32. The highest BCUT2D eigenvalue weighted by atomic mass is 16.2. The van der Waals surface area contributed by atoms with Crippen LogP contribution in [0.15, 0.2) is 12.2 Å². The summed E-state index contributed by atoms with van der Waals surface area (Å²) in [4.78, 5) is 24.6. The Morgan fingerprint density at radius 1 is 1.53 bits per heavy atom. The van der Waals surface area contributed by atoms with Crippen LogP contribution < -0.4 is 5.32 Å². The molecule has 0 bridgehead atoms. The first-order chi connectivity index (χ1) is 7.16. The lowest BCUT2D eigenvalue weighted by molar-refractivity contribution is -0.133. The fourth-order valence-electron chi connectivity index (χ4n) is 1.83. The summed E-state index contributed by atoms with van der Waals surface area (Å²) in [5.41, 5.74) is 0. The van der Waals surface area contributed by atoms with Crippen molar-refractivity contribution in [1.29, 1.82) is 0 Å². The molecular formula is C11H18N2O2. The molecule has 0 spiro atoms. The molecule has 1 unspecified atom stereocenters. The third-order valence-corrected chi connectivity index (χ3v) is 2.59. The second-order valence-electron chi connectivity index (χ2n) is 3.76. The first kappa shape index (κ1) is 11.9. The van der Waals surface area contributed by atoms with Crippen LogP contribution in [0.5, 0.6) is 0 Å². The molecule has 0 aliphatic carbocycles. The number of carbonyl (C=O) groups excluding carboxylic acids is 2. The van der Waals surface area contributed by atoms with E-state index in [1.165, 1.54) is 6.08 Å². The molecule has 1 aliphatic heterocycles. The van der Waals surface area contributed by atoms with E-state index in [1.807, 2.05) is 7.05 Å². The van der Waals surface area contributed by atoms with Crippen LogP contribution in [-0.4, -0.2) is 42.8 Å². The van der Waals surface area contributed by atoms with Crippen LogP contribution in [0.1, 0.15) is 19.8 Å². The van der Waals surface area contributed by atoms with Gasteiger partial charge in [0.25, 0.3) is 0 Å². The zero-order valence-electron chi connectivity index (χ0n) is 9.32. The van der Waals surface area contributed by atoms with Crippen LogP contribution in [0.4, 0.5) is 0 Å². The fraction of sp³-hybridized carbons (Fsp3) is 0.636. The molecule has 4 nitrogen and oxygen atoms in total. The number of likely N-dealkylation sites (tertiary alicyclic amines) is 1. The predicted molar refractivity (Wildman–Crippen MR) is 58.5 cm³/mol. The first-order valence-corrected chi connectivity index (χ1v) is 5.29. The average Bonchev–Trinajstić information content (AvgIpc) is 2.66. The number of rotatable bonds is 4. The van der Waals surface area contributed by atoms with Crippen molar-refractivity contribution in [3.05, 3.63) is 12.2 Å². The Hall–Kier alpha value is -1.16. The molecule has 1 aliphatic rings. The Kier molecular flexibility index (Phi) is 4.49. The van der Waals surface area contributed by atoms with Gasteiger partial charge in [-0.05, 0) is 26.8 Å². The fourth-order valence-corrected chi connectivity index (χ4v) is 1.83. The van der Waals surface area contributed by atoms with Gasteiger partial charge in [-0.25, -0.2) is 0 Å². The van der Waals surface area contributed by atoms with Crippen molar-refractivity contribution in [2.75, 3.05) is 20.1 Å². The summed E-state index contributed by atoms with van der Waals surface area (Å²) in [6.45, 7) is 2.92. The van der Waals surface area contributed by atoms with Crippen LogP contribution in [-0.2, 0) is 9.59 Å². The lowest BCUT2D eigenvalue weighted by atomic mass is 10.1. The monoisotopic (exact) mass is 210 g/mol. The van der Waals surface area contributed by atoms with E-state index >= 15 is 0 Å². The van der Waals surface area contributed by atoms with Gasteiger partial charge in [0.1, 0.15) is 0 Å². The summed E-state index contributed by atoms with van der Waals surface area (Å²) in [5.74, 6) is 0.0332. The van der Waals surface area contributed by atoms with Gasteiger partial charge in [-0.15, -0.1) is 0 Å². The molecule has 15 heavy (non-hydrogen) atoms. The van der Waals surface area contributed by atoms with Crippen LogP contribution in [0.3, 0.4) is 0 Å². The summed E-state index contributed by atoms with van der Waals surface area (Å²) in [7, 11) is 1.82. The van der Waals surface area contributed by atoms with Crippen molar-refractivity contribution < 1.29 is 9.59 Å². The van der Waals surface area contributed by atoms with Gasteiger partial charge in [0.2, 0.25) is 5.91 Å². The highest BCUT2D eigenvalue weighted by Gasteiger charge is 2.30. The summed E-state index contributed by atoms with van der Waals surface area (Å²) >= 11 is 0. The van der Waals surface area contributed by atoms with Gasteiger partial charge in [-0.1, -0.05) is 6.08 Å². The molecule has 0 aromatic rings. The van der Waals surface area contributed by atoms with Crippen molar-refractivity contribution >= 4 is 11.7 Å². The Bertz CT molecular complexity index is 274. The number of nitrogens with zero attached hydrogens (tertiary/aromatic N) is 1. The molecule has 1 fully saturated rings. The molecule has 1 N–H and O–H groups in total. The highest BCUT2D eigenvalue weighted by molar-refractivity contribution is 5.93. The van der Waals surface area contributed by atoms with Crippen molar-refractivity contribution in [2.24, 2.45) is 0 Å². The molecule has 1 rings (SSSR count). The second kappa shape index (κ2) is 5.66. The number of amides is 1. The van der Waals surface area contributed by atoms with E-state index in [9.17, 15) is 9.59 Å². The minimum absolute atomic E-state index is 0.0528. The normalized spacial score (nSPS) is 21.2. The molecular weight excluding hydrogens is 192 g/mol. The second-order valence-corrected chi connectivity index (χ2v) is 3.76. The van der Waals surface area contributed by atoms with Gasteiger partial charge in [-0.2, -0.15) is 0 Å². The van der Waals surface area contributed by atoms with Crippen LogP contribution >= 0.6 is 0 Å². The highest BCUT2D eigenvalue weighted by Crippen LogP contribution is 2.18. The average molecular weight is 210 g/mol. The van der Waals surface area contributed by atoms with Crippen LogP contribution in [0.2, 0.25) is 0 Å². The third-order valence-electron chi connectivity index (χ3n) is 2.59. The van der Waals surface area contributed by atoms with E-state index in [0.717, 1.165) is 12.8 Å². The van der Waals surface area contributed by atoms with Crippen LogP contribution in [0.25, 0.3) is 0 Å². The van der Waals surface area contributed by atoms with E-state index in [-0.39, 0.29) is 17.7 Å². The SMILES string of the molecule is CNC/C=C/C(=O)N1CCCC1C(C)=O. The Morgan fingerprint density at radius 2 is 2.27 bits per heavy atom. The standard InChI is InChI=1S/C11H18N2O2/c1-9(14)10-5-4-8-13(10)11(15)6-3-7-12-2/h3,6,10,12H,4-5,7-8H2,1-2H3/b6-3+. The third kappa shape index (κ3) is 3.16. The molecule has 0 radical (unpaired) electrons. The van der Waals surface area contributed by atoms with Crippen molar-refractivity contribution in [2.45, 2.75) is 25.8 Å². The van der Waals surface area contributed by atoms with Crippen molar-refractivity contribution in [3.63, 3.8) is 0 Å². The minimum Gasteiger partial charge on any atom is -0.329 e. The number of hydrogen-bond acceptors (Lipinski definition) is 3. The Balaban J connectivity index is 2.55. The Morgan fingerprint density at radius 3 is 2.87 bits per heavy atom. The van der Waals surface area contributed by atoms with Crippen molar-refractivity contribution in [1.82, 2.24) is 10.2 Å². The number of ketones is 1. The van der Waals surface area contributed by atoms with Gasteiger partial charge in [0.15, 0.2) is 5.78 Å². The number of likely N-dealkylation sites (N-methyl/N-ethyl adjacent to an activating group) is 1. The zero-order chi connectivity index (χ0) is 11.3. The van der Waals surface area contributed by atoms with Gasteiger partial charge in [-0.3, -0.25) is 9.59 Å².